The van der Waals surface area contributed by atoms with Crippen molar-refractivity contribution in [2.45, 2.75) is 44.1 Å². The lowest BCUT2D eigenvalue weighted by molar-refractivity contribution is 0.133. The van der Waals surface area contributed by atoms with Gasteiger partial charge in [0.25, 0.3) is 0 Å². The maximum atomic E-state index is 13.7. The molecule has 1 aliphatic carbocycles. The van der Waals surface area contributed by atoms with Crippen molar-refractivity contribution in [3.05, 3.63) is 29.3 Å². The van der Waals surface area contributed by atoms with Crippen LogP contribution in [-0.4, -0.2) is 20.1 Å². The number of hydrogen-bond donors (Lipinski definition) is 2. The minimum absolute atomic E-state index is 0.0168. The largest absolute Gasteiger partial charge is 0.392 e. The van der Waals surface area contributed by atoms with Gasteiger partial charge in [0.2, 0.25) is 10.0 Å². The first-order chi connectivity index (χ1) is 9.83. The summed E-state index contributed by atoms with van der Waals surface area (Å²) < 4.78 is 53.9. The SMILES string of the molecule is CCC1(CNS(=O)(=O)c2cc(CO)cc(F)c2F)CCC1. The van der Waals surface area contributed by atoms with Crippen LogP contribution in [0.4, 0.5) is 8.78 Å². The molecule has 1 fully saturated rings. The van der Waals surface area contributed by atoms with Gasteiger partial charge in [0.1, 0.15) is 4.90 Å². The van der Waals surface area contributed by atoms with Crippen molar-refractivity contribution in [3.8, 4) is 0 Å². The molecule has 0 atom stereocenters. The number of hydrogen-bond acceptors (Lipinski definition) is 3. The monoisotopic (exact) mass is 319 g/mol. The summed E-state index contributed by atoms with van der Waals surface area (Å²) in [6.07, 6.45) is 3.75. The average molecular weight is 319 g/mol. The second kappa shape index (κ2) is 5.98. The van der Waals surface area contributed by atoms with Crippen molar-refractivity contribution in [2.24, 2.45) is 5.41 Å². The summed E-state index contributed by atoms with van der Waals surface area (Å²) in [5.41, 5.74) is -0.0560. The summed E-state index contributed by atoms with van der Waals surface area (Å²) in [4.78, 5) is -0.753. The smallest absolute Gasteiger partial charge is 0.243 e. The van der Waals surface area contributed by atoms with E-state index < -0.39 is 33.2 Å². The zero-order valence-electron chi connectivity index (χ0n) is 11.8. The molecule has 0 amide bonds. The third-order valence-corrected chi connectivity index (χ3v) is 5.73. The highest BCUT2D eigenvalue weighted by Crippen LogP contribution is 2.43. The first kappa shape index (κ1) is 16.3. The van der Waals surface area contributed by atoms with E-state index in [1.165, 1.54) is 0 Å². The van der Waals surface area contributed by atoms with Crippen LogP contribution in [0.3, 0.4) is 0 Å². The Morgan fingerprint density at radius 1 is 1.33 bits per heavy atom. The normalized spacial score (nSPS) is 17.5. The number of nitrogens with one attached hydrogen (secondary N) is 1. The number of aliphatic hydroxyl groups excluding tert-OH is 1. The van der Waals surface area contributed by atoms with E-state index in [9.17, 15) is 17.2 Å². The Balaban J connectivity index is 2.25. The van der Waals surface area contributed by atoms with Gasteiger partial charge in [0.05, 0.1) is 6.61 Å². The van der Waals surface area contributed by atoms with Crippen LogP contribution in [0.15, 0.2) is 17.0 Å². The Bertz CT molecular complexity index is 622. The molecular formula is C14H19F2NO3S. The van der Waals surface area contributed by atoms with E-state index in [1.807, 2.05) is 6.92 Å². The molecule has 0 aromatic heterocycles. The molecule has 1 aliphatic rings. The van der Waals surface area contributed by atoms with Gasteiger partial charge in [-0.3, -0.25) is 0 Å². The third kappa shape index (κ3) is 3.25. The second-order valence-electron chi connectivity index (χ2n) is 5.58. The van der Waals surface area contributed by atoms with Crippen LogP contribution in [0, 0.1) is 17.0 Å². The molecule has 0 unspecified atom stereocenters. The highest BCUT2D eigenvalue weighted by Gasteiger charge is 2.36. The van der Waals surface area contributed by atoms with Crippen molar-refractivity contribution in [2.75, 3.05) is 6.54 Å². The molecule has 0 spiro atoms. The van der Waals surface area contributed by atoms with E-state index in [-0.39, 0.29) is 17.5 Å². The van der Waals surface area contributed by atoms with Crippen molar-refractivity contribution in [1.82, 2.24) is 4.72 Å². The van der Waals surface area contributed by atoms with Crippen LogP contribution in [-0.2, 0) is 16.6 Å². The first-order valence-electron chi connectivity index (χ1n) is 6.92. The van der Waals surface area contributed by atoms with Crippen LogP contribution in [0.1, 0.15) is 38.2 Å². The topological polar surface area (TPSA) is 66.4 Å². The lowest BCUT2D eigenvalue weighted by Crippen LogP contribution is -2.41. The quantitative estimate of drug-likeness (QED) is 0.845. The molecule has 7 heteroatoms. The molecule has 118 valence electrons. The molecule has 2 rings (SSSR count). The Morgan fingerprint density at radius 3 is 2.48 bits per heavy atom. The van der Waals surface area contributed by atoms with Crippen LogP contribution in [0.5, 0.6) is 0 Å². The molecule has 0 saturated heterocycles. The van der Waals surface area contributed by atoms with Gasteiger partial charge in [-0.2, -0.15) is 0 Å². The molecule has 21 heavy (non-hydrogen) atoms. The molecule has 1 saturated carbocycles. The van der Waals surface area contributed by atoms with Gasteiger partial charge in [-0.25, -0.2) is 21.9 Å². The van der Waals surface area contributed by atoms with Gasteiger partial charge >= 0.3 is 0 Å². The number of sulfonamides is 1. The zero-order valence-corrected chi connectivity index (χ0v) is 12.6. The summed E-state index contributed by atoms with van der Waals surface area (Å²) >= 11 is 0. The standard InChI is InChI=1S/C14H19F2NO3S/c1-2-14(4-3-5-14)9-17-21(19,20)12-7-10(8-18)6-11(15)13(12)16/h6-7,17-18H,2-5,8-9H2,1H3. The van der Waals surface area contributed by atoms with Crippen LogP contribution in [0.2, 0.25) is 0 Å². The Kier molecular flexibility index (Phi) is 4.65. The highest BCUT2D eigenvalue weighted by molar-refractivity contribution is 7.89. The maximum Gasteiger partial charge on any atom is 0.243 e. The second-order valence-corrected chi connectivity index (χ2v) is 7.31. The van der Waals surface area contributed by atoms with Gasteiger partial charge < -0.3 is 5.11 Å². The average Bonchev–Trinajstić information content (AvgIpc) is 2.40. The number of aliphatic hydroxyl groups is 1. The van der Waals surface area contributed by atoms with Crippen LogP contribution in [0.25, 0.3) is 0 Å². The van der Waals surface area contributed by atoms with Crippen molar-refractivity contribution >= 4 is 10.0 Å². The summed E-state index contributed by atoms with van der Waals surface area (Å²) in [6.45, 7) is 1.65. The van der Waals surface area contributed by atoms with Gasteiger partial charge in [0, 0.05) is 6.54 Å². The fraction of sp³-hybridized carbons (Fsp3) is 0.571. The molecule has 1 aromatic rings. The van der Waals surface area contributed by atoms with Gasteiger partial charge in [-0.15, -0.1) is 0 Å². The van der Waals surface area contributed by atoms with Crippen molar-refractivity contribution < 1.29 is 22.3 Å². The summed E-state index contributed by atoms with van der Waals surface area (Å²) in [5.74, 6) is -2.70. The summed E-state index contributed by atoms with van der Waals surface area (Å²) in [5, 5.41) is 8.98. The van der Waals surface area contributed by atoms with E-state index >= 15 is 0 Å². The lowest BCUT2D eigenvalue weighted by Gasteiger charge is -2.41. The summed E-state index contributed by atoms with van der Waals surface area (Å²) in [7, 11) is -4.14. The third-order valence-electron chi connectivity index (χ3n) is 4.33. The summed E-state index contributed by atoms with van der Waals surface area (Å²) in [6, 6.07) is 1.74. The van der Waals surface area contributed by atoms with E-state index in [4.69, 9.17) is 5.11 Å². The fourth-order valence-electron chi connectivity index (χ4n) is 2.56. The number of benzene rings is 1. The predicted molar refractivity (Wildman–Crippen MR) is 74.0 cm³/mol. The maximum absolute atomic E-state index is 13.7. The van der Waals surface area contributed by atoms with Crippen molar-refractivity contribution in [1.29, 1.82) is 0 Å². The number of rotatable bonds is 6. The minimum atomic E-state index is -4.14. The van der Waals surface area contributed by atoms with E-state index in [2.05, 4.69) is 4.72 Å². The number of halogens is 2. The van der Waals surface area contributed by atoms with E-state index in [0.29, 0.717) is 0 Å². The molecule has 4 nitrogen and oxygen atoms in total. The Morgan fingerprint density at radius 2 is 2.00 bits per heavy atom. The van der Waals surface area contributed by atoms with Crippen LogP contribution < -0.4 is 4.72 Å². The molecule has 0 radical (unpaired) electrons. The van der Waals surface area contributed by atoms with Gasteiger partial charge in [0.15, 0.2) is 11.6 Å². The van der Waals surface area contributed by atoms with Gasteiger partial charge in [-0.05, 0) is 42.4 Å². The molecule has 0 heterocycles. The Hall–Kier alpha value is -1.05. The highest BCUT2D eigenvalue weighted by atomic mass is 32.2. The molecule has 0 aliphatic heterocycles. The molecule has 2 N–H and O–H groups in total. The lowest BCUT2D eigenvalue weighted by atomic mass is 9.67. The zero-order chi connectivity index (χ0) is 15.7. The fourth-order valence-corrected chi connectivity index (χ4v) is 3.85. The first-order valence-corrected chi connectivity index (χ1v) is 8.40. The van der Waals surface area contributed by atoms with Crippen LogP contribution >= 0.6 is 0 Å². The predicted octanol–water partition coefficient (Wildman–Crippen LogP) is 2.32. The van der Waals surface area contributed by atoms with E-state index in [0.717, 1.165) is 37.8 Å². The van der Waals surface area contributed by atoms with Crippen molar-refractivity contribution in [3.63, 3.8) is 0 Å². The van der Waals surface area contributed by atoms with Gasteiger partial charge in [-0.1, -0.05) is 13.3 Å². The molecular weight excluding hydrogens is 300 g/mol. The molecule has 1 aromatic carbocycles. The Labute approximate surface area is 123 Å². The van der Waals surface area contributed by atoms with E-state index in [1.54, 1.807) is 0 Å². The minimum Gasteiger partial charge on any atom is -0.392 e. The molecule has 0 bridgehead atoms.